The summed E-state index contributed by atoms with van der Waals surface area (Å²) in [6, 6.07) is 9.18. The van der Waals surface area contributed by atoms with Gasteiger partial charge in [-0.2, -0.15) is 0 Å². The second kappa shape index (κ2) is 6.22. The Bertz CT molecular complexity index is 270. The topological polar surface area (TPSA) is 0 Å². The molecule has 1 rings (SSSR count). The molecule has 0 amide bonds. The van der Waals surface area contributed by atoms with E-state index in [-0.39, 0.29) is 0 Å². The van der Waals surface area contributed by atoms with Crippen molar-refractivity contribution < 1.29 is 0 Å². The lowest BCUT2D eigenvalue weighted by Gasteiger charge is -2.07. The van der Waals surface area contributed by atoms with Gasteiger partial charge in [-0.25, -0.2) is 0 Å². The highest BCUT2D eigenvalue weighted by Gasteiger charge is 2.12. The van der Waals surface area contributed by atoms with Gasteiger partial charge in [0.15, 0.2) is 0 Å². The Hall–Kier alpha value is -0.430. The normalized spacial score (nSPS) is 11.3. The molecule has 0 nitrogen and oxygen atoms in total. The van der Waals surface area contributed by atoms with Crippen molar-refractivity contribution in [3.63, 3.8) is 0 Å². The number of benzene rings is 1. The lowest BCUT2D eigenvalue weighted by atomic mass is 10.0. The monoisotopic (exact) mass is 223 g/mol. The minimum atomic E-state index is 0.593. The maximum absolute atomic E-state index is 2.31. The summed E-state index contributed by atoms with van der Waals surface area (Å²) in [5.74, 6) is 4.56. The number of hydrogen-bond donors (Lipinski definition) is 0. The molecule has 0 aliphatic rings. The first-order chi connectivity index (χ1) is 7.17. The van der Waals surface area contributed by atoms with E-state index in [1.165, 1.54) is 28.4 Å². The molecule has 0 heterocycles. The molecule has 0 aliphatic heterocycles. The fourth-order valence-electron chi connectivity index (χ4n) is 1.64. The number of hydrogen-bond acceptors (Lipinski definition) is 0. The highest BCUT2D eigenvalue weighted by Crippen LogP contribution is 2.16. The average molecular weight is 223 g/mol. The Morgan fingerprint density at radius 2 is 1.53 bits per heavy atom. The molecule has 1 aromatic carbocycles. The van der Waals surface area contributed by atoms with Gasteiger partial charge in [-0.05, 0) is 36.2 Å². The van der Waals surface area contributed by atoms with Gasteiger partial charge < -0.3 is 0 Å². The predicted octanol–water partition coefficient (Wildman–Crippen LogP) is 3.97. The molecule has 1 heteroatoms. The van der Waals surface area contributed by atoms with Crippen LogP contribution in [0, 0.1) is 0 Å². The van der Waals surface area contributed by atoms with Crippen molar-refractivity contribution >= 4 is 10.9 Å². The molecule has 0 N–H and O–H groups in total. The van der Waals surface area contributed by atoms with E-state index < -0.39 is 0 Å². The van der Waals surface area contributed by atoms with Gasteiger partial charge in [0, 0.05) is 5.56 Å². The zero-order valence-electron chi connectivity index (χ0n) is 10.4. The zero-order chi connectivity index (χ0) is 11.3. The van der Waals surface area contributed by atoms with Crippen molar-refractivity contribution in [2.45, 2.75) is 39.4 Å². The molecule has 0 atom stereocenters. The van der Waals surface area contributed by atoms with Crippen LogP contribution >= 0.6 is 0 Å². The van der Waals surface area contributed by atoms with Crippen LogP contribution in [-0.2, 0) is 16.6 Å². The molecule has 1 aromatic rings. The van der Waals surface area contributed by atoms with Crippen LogP contribution < -0.4 is 0 Å². The Morgan fingerprint density at radius 3 is 1.93 bits per heavy atom. The van der Waals surface area contributed by atoms with Gasteiger partial charge >= 0.3 is 0 Å². The molecule has 0 radical (unpaired) electrons. The van der Waals surface area contributed by atoms with Gasteiger partial charge in [0.2, 0.25) is 0 Å². The molecule has 0 unspecified atom stereocenters. The second-order valence-corrected chi connectivity index (χ2v) is 6.90. The van der Waals surface area contributed by atoms with E-state index in [9.17, 15) is 0 Å². The quantitative estimate of drug-likeness (QED) is 0.663. The van der Waals surface area contributed by atoms with Crippen LogP contribution in [0.15, 0.2) is 24.3 Å². The van der Waals surface area contributed by atoms with Crippen LogP contribution in [0.1, 0.15) is 44.7 Å². The summed E-state index contributed by atoms with van der Waals surface area (Å²) in [6.45, 7) is 9.10. The predicted molar refractivity (Wildman–Crippen MR) is 72.7 cm³/mol. The van der Waals surface area contributed by atoms with E-state index in [2.05, 4.69) is 52.0 Å². The second-order valence-electron chi connectivity index (χ2n) is 4.23. The molecule has 0 fully saturated rings. The van der Waals surface area contributed by atoms with Crippen LogP contribution in [-0.4, -0.2) is 11.5 Å². The van der Waals surface area contributed by atoms with Gasteiger partial charge in [0.25, 0.3) is 0 Å². The average Bonchev–Trinajstić information content (AvgIpc) is 2.26. The van der Waals surface area contributed by atoms with Crippen molar-refractivity contribution in [3.8, 4) is 0 Å². The summed E-state index contributed by atoms with van der Waals surface area (Å²) in [7, 11) is 0.593. The van der Waals surface area contributed by atoms with Crippen molar-refractivity contribution in [1.82, 2.24) is 0 Å². The molecule has 15 heavy (non-hydrogen) atoms. The first-order valence-electron chi connectivity index (χ1n) is 5.90. The third-order valence-electron chi connectivity index (χ3n) is 2.83. The maximum atomic E-state index is 2.31. The van der Waals surface area contributed by atoms with E-state index in [0.717, 1.165) is 0 Å². The first-order valence-corrected chi connectivity index (χ1v) is 7.63. The van der Waals surface area contributed by atoms with Gasteiger partial charge in [0.05, 0.1) is 0 Å². The minimum Gasteiger partial charge on any atom is -0.0587 e. The van der Waals surface area contributed by atoms with E-state index >= 15 is 0 Å². The third-order valence-corrected chi connectivity index (χ3v) is 5.21. The molecule has 0 aromatic heterocycles. The summed E-state index contributed by atoms with van der Waals surface area (Å²) in [5, 5.41) is 0. The minimum absolute atomic E-state index is 0.593. The van der Waals surface area contributed by atoms with Crippen LogP contribution in [0.3, 0.4) is 0 Å². The molecule has 0 bridgehead atoms. The molecule has 0 saturated carbocycles. The highest BCUT2D eigenvalue weighted by atomic mass is 32.2. The Morgan fingerprint density at radius 1 is 1.00 bits per heavy atom. The molecular weight excluding hydrogens is 200 g/mol. The van der Waals surface area contributed by atoms with E-state index in [0.29, 0.717) is 16.8 Å². The fourth-order valence-corrected chi connectivity index (χ4v) is 3.12. The fraction of sp³-hybridized carbons (Fsp3) is 0.571. The molecule has 0 spiro atoms. The zero-order valence-corrected chi connectivity index (χ0v) is 11.2. The molecule has 0 aliphatic carbocycles. The number of rotatable bonds is 5. The van der Waals surface area contributed by atoms with E-state index in [1.807, 2.05) is 0 Å². The van der Waals surface area contributed by atoms with Crippen molar-refractivity contribution in [3.05, 3.63) is 35.4 Å². The third kappa shape index (κ3) is 3.90. The summed E-state index contributed by atoms with van der Waals surface area (Å²) >= 11 is 0. The van der Waals surface area contributed by atoms with Crippen LogP contribution in [0.2, 0.25) is 0 Å². The van der Waals surface area contributed by atoms with Gasteiger partial charge in [-0.1, -0.05) is 38.1 Å². The molecule has 84 valence electrons. The van der Waals surface area contributed by atoms with Gasteiger partial charge in [-0.15, -0.1) is 0 Å². The van der Waals surface area contributed by atoms with E-state index in [4.69, 9.17) is 0 Å². The highest BCUT2D eigenvalue weighted by molar-refractivity contribution is 7.96. The van der Waals surface area contributed by atoms with Crippen LogP contribution in [0.4, 0.5) is 0 Å². The van der Waals surface area contributed by atoms with Gasteiger partial charge in [0.1, 0.15) is 17.3 Å². The van der Waals surface area contributed by atoms with Crippen molar-refractivity contribution in [2.75, 3.05) is 11.5 Å². The van der Waals surface area contributed by atoms with Crippen molar-refractivity contribution in [1.29, 1.82) is 0 Å². The summed E-state index contributed by atoms with van der Waals surface area (Å²) in [6.07, 6.45) is 0. The summed E-state index contributed by atoms with van der Waals surface area (Å²) < 4.78 is 0. The first kappa shape index (κ1) is 12.6. The summed E-state index contributed by atoms with van der Waals surface area (Å²) in [5.41, 5.74) is 2.96. The van der Waals surface area contributed by atoms with E-state index in [1.54, 1.807) is 0 Å². The largest absolute Gasteiger partial charge is 0.133 e. The maximum Gasteiger partial charge on any atom is 0.133 e. The Labute approximate surface area is 97.4 Å². The van der Waals surface area contributed by atoms with Crippen LogP contribution in [0.5, 0.6) is 0 Å². The molecular formula is C14H23S+. The standard InChI is InChI=1S/C14H23S/c1-5-15(6-2)11-13-7-9-14(10-8-13)12(3)4/h7-10,12H,5-6,11H2,1-4H3/q+1. The lowest BCUT2D eigenvalue weighted by molar-refractivity contribution is 0.866. The Kier molecular flexibility index (Phi) is 5.24. The molecule has 0 saturated heterocycles. The lowest BCUT2D eigenvalue weighted by Crippen LogP contribution is -2.10. The van der Waals surface area contributed by atoms with Crippen molar-refractivity contribution in [2.24, 2.45) is 0 Å². The van der Waals surface area contributed by atoms with Crippen LogP contribution in [0.25, 0.3) is 0 Å². The summed E-state index contributed by atoms with van der Waals surface area (Å²) in [4.78, 5) is 0. The Balaban J connectivity index is 2.63. The van der Waals surface area contributed by atoms with Gasteiger partial charge in [-0.3, -0.25) is 0 Å². The smallest absolute Gasteiger partial charge is 0.0587 e. The SMILES string of the molecule is CC[S+](CC)Cc1ccc(C(C)C)cc1.